The van der Waals surface area contributed by atoms with Crippen LogP contribution in [0.5, 0.6) is 0 Å². The smallest absolute Gasteiger partial charge is 0.456 e. The molecule has 2 aromatic rings. The summed E-state index contributed by atoms with van der Waals surface area (Å²) in [6.45, 7) is 13.1. The molecule has 0 spiro atoms. The van der Waals surface area contributed by atoms with Gasteiger partial charge in [0, 0.05) is 11.7 Å². The number of esters is 1. The summed E-state index contributed by atoms with van der Waals surface area (Å²) in [4.78, 5) is 25.7. The number of benzene rings is 1. The Morgan fingerprint density at radius 2 is 1.61 bits per heavy atom. The molecule has 1 aliphatic heterocycles. The Kier molecular flexibility index (Phi) is 6.08. The zero-order valence-electron chi connectivity index (χ0n) is 19.2. The number of ether oxygens (including phenoxy) is 2. The van der Waals surface area contributed by atoms with Crippen LogP contribution in [0.3, 0.4) is 0 Å². The van der Waals surface area contributed by atoms with Crippen molar-refractivity contribution in [2.24, 2.45) is 0 Å². The van der Waals surface area contributed by atoms with Crippen LogP contribution in [0.1, 0.15) is 64.5 Å². The van der Waals surface area contributed by atoms with E-state index in [1.807, 2.05) is 58.0 Å². The van der Waals surface area contributed by atoms with Gasteiger partial charge in [0.05, 0.1) is 11.2 Å². The molecule has 0 N–H and O–H groups in total. The van der Waals surface area contributed by atoms with Gasteiger partial charge in [-0.05, 0) is 60.1 Å². The van der Waals surface area contributed by atoms with Gasteiger partial charge in [0.2, 0.25) is 0 Å². The van der Waals surface area contributed by atoms with Gasteiger partial charge in [-0.15, -0.1) is 0 Å². The molecule has 8 heteroatoms. The minimum absolute atomic E-state index is 0.0508. The Labute approximate surface area is 183 Å². The van der Waals surface area contributed by atoms with Crippen molar-refractivity contribution in [3.63, 3.8) is 0 Å². The van der Waals surface area contributed by atoms with E-state index in [0.717, 1.165) is 10.1 Å². The van der Waals surface area contributed by atoms with Crippen LogP contribution < -0.4 is 5.46 Å². The van der Waals surface area contributed by atoms with Crippen LogP contribution in [-0.2, 0) is 25.4 Å². The van der Waals surface area contributed by atoms with Gasteiger partial charge in [0.1, 0.15) is 17.9 Å². The van der Waals surface area contributed by atoms with E-state index in [1.54, 1.807) is 26.8 Å². The minimum atomic E-state index is -0.727. The average molecular weight is 427 g/mol. The molecule has 2 heterocycles. The zero-order valence-corrected chi connectivity index (χ0v) is 19.2. The molecule has 0 bridgehead atoms. The predicted octanol–water partition coefficient (Wildman–Crippen LogP) is 3.93. The molecule has 1 fully saturated rings. The molecule has 0 unspecified atom stereocenters. The van der Waals surface area contributed by atoms with E-state index in [9.17, 15) is 9.59 Å². The van der Waals surface area contributed by atoms with Crippen molar-refractivity contribution < 1.29 is 28.4 Å². The summed E-state index contributed by atoms with van der Waals surface area (Å²) in [6, 6.07) is 10.9. The predicted molar refractivity (Wildman–Crippen MR) is 117 cm³/mol. The summed E-state index contributed by atoms with van der Waals surface area (Å²) in [5.74, 6) is -0.641. The van der Waals surface area contributed by atoms with Gasteiger partial charge in [0.25, 0.3) is 0 Å². The number of aromatic nitrogens is 1. The minimum Gasteiger partial charge on any atom is -0.456 e. The van der Waals surface area contributed by atoms with Crippen LogP contribution in [-0.4, -0.2) is 40.6 Å². The average Bonchev–Trinajstić information content (AvgIpc) is 3.18. The van der Waals surface area contributed by atoms with Crippen LogP contribution in [0.15, 0.2) is 42.6 Å². The molecule has 1 aliphatic rings. The van der Waals surface area contributed by atoms with Gasteiger partial charge >= 0.3 is 19.2 Å². The fourth-order valence-corrected chi connectivity index (χ4v) is 3.01. The summed E-state index contributed by atoms with van der Waals surface area (Å²) in [7, 11) is -0.727. The molecule has 1 aromatic carbocycles. The molecule has 0 atom stereocenters. The van der Waals surface area contributed by atoms with Crippen molar-refractivity contribution in [2.75, 3.05) is 0 Å². The van der Waals surface area contributed by atoms with E-state index in [0.29, 0.717) is 5.46 Å². The second-order valence-electron chi connectivity index (χ2n) is 9.66. The Balaban J connectivity index is 1.89. The van der Waals surface area contributed by atoms with Gasteiger partial charge in [-0.1, -0.05) is 30.3 Å². The first kappa shape index (κ1) is 23.1. The lowest BCUT2D eigenvalue weighted by Crippen LogP contribution is -2.41. The summed E-state index contributed by atoms with van der Waals surface area (Å²) in [5.41, 5.74) is -0.403. The van der Waals surface area contributed by atoms with Crippen molar-refractivity contribution >= 4 is 24.6 Å². The van der Waals surface area contributed by atoms with Crippen molar-refractivity contribution in [1.29, 1.82) is 0 Å². The van der Waals surface area contributed by atoms with Crippen molar-refractivity contribution in [2.45, 2.75) is 71.9 Å². The molecule has 7 nitrogen and oxygen atoms in total. The first-order valence-electron chi connectivity index (χ1n) is 10.3. The number of nitrogens with zero attached hydrogens (tertiary/aromatic N) is 1. The fraction of sp³-hybridized carbons (Fsp3) is 0.478. The van der Waals surface area contributed by atoms with Crippen molar-refractivity contribution in [3.05, 3.63) is 53.9 Å². The first-order valence-corrected chi connectivity index (χ1v) is 10.3. The van der Waals surface area contributed by atoms with Crippen LogP contribution in [0.25, 0.3) is 0 Å². The topological polar surface area (TPSA) is 76.0 Å². The van der Waals surface area contributed by atoms with Crippen molar-refractivity contribution in [3.8, 4) is 0 Å². The SMILES string of the molecule is CC(C)(C)OC(=O)n1cc(B2OC(C)(C)C(C)(C)O2)cc1C(=O)OCc1ccccc1. The Morgan fingerprint density at radius 3 is 2.16 bits per heavy atom. The lowest BCUT2D eigenvalue weighted by molar-refractivity contribution is 0.00578. The Morgan fingerprint density at radius 1 is 1.03 bits per heavy atom. The maximum Gasteiger partial charge on any atom is 0.496 e. The second-order valence-corrected chi connectivity index (χ2v) is 9.66. The maximum atomic E-state index is 12.9. The third kappa shape index (κ3) is 5.19. The van der Waals surface area contributed by atoms with E-state index in [1.165, 1.54) is 6.20 Å². The number of carbonyl (C=O) groups excluding carboxylic acids is 2. The van der Waals surface area contributed by atoms with Crippen LogP contribution >= 0.6 is 0 Å². The molecule has 1 aromatic heterocycles. The highest BCUT2D eigenvalue weighted by atomic mass is 16.7. The highest BCUT2D eigenvalue weighted by Crippen LogP contribution is 2.36. The highest BCUT2D eigenvalue weighted by Gasteiger charge is 2.52. The number of hydrogen-bond donors (Lipinski definition) is 0. The standard InChI is InChI=1S/C23H30BNO6/c1-21(2,3)29-20(27)25-14-17(24-30-22(4,5)23(6,7)31-24)13-18(25)19(26)28-15-16-11-9-8-10-12-16/h8-14H,15H2,1-7H3. The van der Waals surface area contributed by atoms with Gasteiger partial charge < -0.3 is 18.8 Å². The Bertz CT molecular complexity index is 942. The lowest BCUT2D eigenvalue weighted by Gasteiger charge is -2.32. The molecule has 1 saturated heterocycles. The number of carbonyl (C=O) groups is 2. The van der Waals surface area contributed by atoms with E-state index in [2.05, 4.69) is 0 Å². The monoisotopic (exact) mass is 427 g/mol. The normalized spacial score (nSPS) is 17.5. The third-order valence-electron chi connectivity index (χ3n) is 5.38. The summed E-state index contributed by atoms with van der Waals surface area (Å²) in [6.07, 6.45) is 0.830. The summed E-state index contributed by atoms with van der Waals surface area (Å²) in [5, 5.41) is 0. The van der Waals surface area contributed by atoms with Crippen LogP contribution in [0.2, 0.25) is 0 Å². The van der Waals surface area contributed by atoms with Gasteiger partial charge in [0.15, 0.2) is 0 Å². The summed E-state index contributed by atoms with van der Waals surface area (Å²) >= 11 is 0. The molecule has 166 valence electrons. The second kappa shape index (κ2) is 8.17. The van der Waals surface area contributed by atoms with Gasteiger partial charge in [-0.3, -0.25) is 0 Å². The largest absolute Gasteiger partial charge is 0.496 e. The Hall–Kier alpha value is -2.58. The molecular weight excluding hydrogens is 397 g/mol. The highest BCUT2D eigenvalue weighted by molar-refractivity contribution is 6.62. The van der Waals surface area contributed by atoms with Gasteiger partial charge in [-0.2, -0.15) is 0 Å². The maximum absolute atomic E-state index is 12.9. The van der Waals surface area contributed by atoms with Gasteiger partial charge in [-0.25, -0.2) is 14.2 Å². The summed E-state index contributed by atoms with van der Waals surface area (Å²) < 4.78 is 24.2. The fourth-order valence-electron chi connectivity index (χ4n) is 3.01. The zero-order chi connectivity index (χ0) is 23.0. The molecule has 31 heavy (non-hydrogen) atoms. The lowest BCUT2D eigenvalue weighted by atomic mass is 9.81. The molecule has 3 rings (SSSR count). The van der Waals surface area contributed by atoms with Crippen molar-refractivity contribution in [1.82, 2.24) is 4.57 Å². The molecule has 0 aliphatic carbocycles. The van der Waals surface area contributed by atoms with Crippen LogP contribution in [0.4, 0.5) is 4.79 Å². The van der Waals surface area contributed by atoms with Crippen LogP contribution in [0, 0.1) is 0 Å². The quantitative estimate of drug-likeness (QED) is 0.544. The van der Waals surface area contributed by atoms with E-state index in [4.69, 9.17) is 18.8 Å². The number of rotatable bonds is 4. The van der Waals surface area contributed by atoms with E-state index < -0.39 is 36.0 Å². The molecule has 0 radical (unpaired) electrons. The molecule has 0 amide bonds. The first-order chi connectivity index (χ1) is 14.3. The molecule has 0 saturated carbocycles. The molecular formula is C23H30BNO6. The number of hydrogen-bond acceptors (Lipinski definition) is 6. The third-order valence-corrected chi connectivity index (χ3v) is 5.38. The van der Waals surface area contributed by atoms with E-state index in [-0.39, 0.29) is 12.3 Å². The van der Waals surface area contributed by atoms with E-state index >= 15 is 0 Å².